The van der Waals surface area contributed by atoms with Crippen LogP contribution < -0.4 is 21.1 Å². The van der Waals surface area contributed by atoms with E-state index in [-0.39, 0.29) is 12.5 Å². The van der Waals surface area contributed by atoms with Gasteiger partial charge in [0.2, 0.25) is 12.0 Å². The molecular formula is C16H15N3O3. The van der Waals surface area contributed by atoms with E-state index in [1.165, 1.54) is 4.90 Å². The summed E-state index contributed by atoms with van der Waals surface area (Å²) in [4.78, 5) is 25.3. The van der Waals surface area contributed by atoms with E-state index >= 15 is 0 Å². The van der Waals surface area contributed by atoms with Gasteiger partial charge < -0.3 is 16.2 Å². The first-order chi connectivity index (χ1) is 10.6. The molecule has 0 aromatic heterocycles. The first kappa shape index (κ1) is 13.9. The van der Waals surface area contributed by atoms with Crippen LogP contribution in [0, 0.1) is 0 Å². The van der Waals surface area contributed by atoms with Gasteiger partial charge in [0, 0.05) is 17.3 Å². The molecule has 1 aliphatic heterocycles. The highest BCUT2D eigenvalue weighted by Gasteiger charge is 2.36. The minimum Gasteiger partial charge on any atom is -0.474 e. The fourth-order valence-corrected chi connectivity index (χ4v) is 2.44. The average Bonchev–Trinajstić information content (AvgIpc) is 2.50. The molecule has 1 aliphatic rings. The van der Waals surface area contributed by atoms with E-state index in [0.29, 0.717) is 22.7 Å². The summed E-state index contributed by atoms with van der Waals surface area (Å²) in [5, 5.41) is 0. The summed E-state index contributed by atoms with van der Waals surface area (Å²) in [6.45, 7) is -0.206. The van der Waals surface area contributed by atoms with Crippen LogP contribution in [0.1, 0.15) is 11.7 Å². The second-order valence-corrected chi connectivity index (χ2v) is 5.03. The first-order valence-electron chi connectivity index (χ1n) is 6.77. The van der Waals surface area contributed by atoms with Crippen LogP contribution in [-0.2, 0) is 9.59 Å². The van der Waals surface area contributed by atoms with Crippen molar-refractivity contribution in [2.24, 2.45) is 5.73 Å². The second kappa shape index (κ2) is 5.40. The molecule has 6 heteroatoms. The van der Waals surface area contributed by atoms with Crippen LogP contribution in [0.25, 0.3) is 0 Å². The predicted octanol–water partition coefficient (Wildman–Crippen LogP) is 1.22. The SMILES string of the molecule is NC(=O)CN1C(=O)C(c2ccccc2)Oc2cc(N)ccc21. The number of rotatable bonds is 3. The Kier molecular flexibility index (Phi) is 3.42. The fraction of sp³-hybridized carbons (Fsp3) is 0.125. The van der Waals surface area contributed by atoms with Gasteiger partial charge in [-0.25, -0.2) is 0 Å². The molecule has 1 unspecified atom stereocenters. The maximum atomic E-state index is 12.7. The summed E-state index contributed by atoms with van der Waals surface area (Å²) in [5.41, 5.74) is 12.7. The molecule has 2 amide bonds. The number of carbonyl (C=O) groups excluding carboxylic acids is 2. The third-order valence-corrected chi connectivity index (χ3v) is 3.43. The summed E-state index contributed by atoms with van der Waals surface area (Å²) < 4.78 is 5.80. The number of primary amides is 1. The Hall–Kier alpha value is -3.02. The zero-order valence-electron chi connectivity index (χ0n) is 11.7. The standard InChI is InChI=1S/C16H15N3O3/c17-11-6-7-12-13(8-11)22-15(10-4-2-1-3-5-10)16(21)19(12)9-14(18)20/h1-8,15H,9,17H2,(H2,18,20). The van der Waals surface area contributed by atoms with Gasteiger partial charge >= 0.3 is 0 Å². The molecule has 0 spiro atoms. The van der Waals surface area contributed by atoms with Gasteiger partial charge in [-0.1, -0.05) is 30.3 Å². The molecule has 112 valence electrons. The van der Waals surface area contributed by atoms with E-state index in [1.807, 2.05) is 18.2 Å². The number of benzene rings is 2. The van der Waals surface area contributed by atoms with Crippen LogP contribution in [0.3, 0.4) is 0 Å². The van der Waals surface area contributed by atoms with Crippen LogP contribution >= 0.6 is 0 Å². The maximum absolute atomic E-state index is 12.7. The number of hydrogen-bond acceptors (Lipinski definition) is 4. The third kappa shape index (κ3) is 2.46. The van der Waals surface area contributed by atoms with E-state index in [0.717, 1.165) is 0 Å². The summed E-state index contributed by atoms with van der Waals surface area (Å²) in [6.07, 6.45) is -0.824. The fourth-order valence-electron chi connectivity index (χ4n) is 2.44. The summed E-state index contributed by atoms with van der Waals surface area (Å²) in [6, 6.07) is 14.0. The van der Waals surface area contributed by atoms with E-state index < -0.39 is 12.0 Å². The topological polar surface area (TPSA) is 98.7 Å². The van der Waals surface area contributed by atoms with E-state index in [1.54, 1.807) is 30.3 Å². The van der Waals surface area contributed by atoms with Crippen LogP contribution in [-0.4, -0.2) is 18.4 Å². The number of hydrogen-bond donors (Lipinski definition) is 2. The van der Waals surface area contributed by atoms with Crippen LogP contribution in [0.4, 0.5) is 11.4 Å². The van der Waals surface area contributed by atoms with Crippen molar-refractivity contribution in [1.29, 1.82) is 0 Å². The molecule has 2 aromatic carbocycles. The molecular weight excluding hydrogens is 282 g/mol. The predicted molar refractivity (Wildman–Crippen MR) is 82.2 cm³/mol. The number of amides is 2. The summed E-state index contributed by atoms with van der Waals surface area (Å²) in [7, 11) is 0. The maximum Gasteiger partial charge on any atom is 0.273 e. The number of anilines is 2. The molecule has 1 atom stereocenters. The number of ether oxygens (including phenoxy) is 1. The highest BCUT2D eigenvalue weighted by Crippen LogP contribution is 2.39. The van der Waals surface area contributed by atoms with Gasteiger partial charge in [0.1, 0.15) is 12.3 Å². The minimum atomic E-state index is -0.824. The Bertz CT molecular complexity index is 731. The van der Waals surface area contributed by atoms with Crippen molar-refractivity contribution in [1.82, 2.24) is 0 Å². The Morgan fingerprint density at radius 1 is 1.18 bits per heavy atom. The quantitative estimate of drug-likeness (QED) is 0.832. The highest BCUT2D eigenvalue weighted by atomic mass is 16.5. The number of nitrogen functional groups attached to an aromatic ring is 1. The number of carbonyl (C=O) groups is 2. The lowest BCUT2D eigenvalue weighted by molar-refractivity contribution is -0.128. The molecule has 22 heavy (non-hydrogen) atoms. The Labute approximate surface area is 127 Å². The molecule has 0 saturated heterocycles. The molecule has 0 aliphatic carbocycles. The molecule has 0 fully saturated rings. The van der Waals surface area contributed by atoms with Crippen LogP contribution in [0.2, 0.25) is 0 Å². The van der Waals surface area contributed by atoms with E-state index in [9.17, 15) is 9.59 Å². The summed E-state index contributed by atoms with van der Waals surface area (Å²) in [5.74, 6) is -0.471. The molecule has 3 rings (SSSR count). The van der Waals surface area contributed by atoms with Crippen molar-refractivity contribution < 1.29 is 14.3 Å². The Balaban J connectivity index is 2.06. The van der Waals surface area contributed by atoms with Crippen molar-refractivity contribution in [2.45, 2.75) is 6.10 Å². The number of nitrogens with zero attached hydrogens (tertiary/aromatic N) is 1. The molecule has 1 heterocycles. The van der Waals surface area contributed by atoms with Crippen molar-refractivity contribution in [3.05, 3.63) is 54.1 Å². The van der Waals surface area contributed by atoms with Gasteiger partial charge in [0.05, 0.1) is 5.69 Å². The lowest BCUT2D eigenvalue weighted by atomic mass is 10.1. The van der Waals surface area contributed by atoms with Crippen LogP contribution in [0.5, 0.6) is 5.75 Å². The molecule has 6 nitrogen and oxygen atoms in total. The van der Waals surface area contributed by atoms with Crippen molar-refractivity contribution in [2.75, 3.05) is 17.2 Å². The summed E-state index contributed by atoms with van der Waals surface area (Å²) >= 11 is 0. The minimum absolute atomic E-state index is 0.206. The van der Waals surface area contributed by atoms with Crippen molar-refractivity contribution in [3.63, 3.8) is 0 Å². The van der Waals surface area contributed by atoms with Gasteiger partial charge in [-0.15, -0.1) is 0 Å². The highest BCUT2D eigenvalue weighted by molar-refractivity contribution is 6.04. The van der Waals surface area contributed by atoms with Crippen LogP contribution in [0.15, 0.2) is 48.5 Å². The molecule has 4 N–H and O–H groups in total. The van der Waals surface area contributed by atoms with Crippen molar-refractivity contribution >= 4 is 23.2 Å². The lowest BCUT2D eigenvalue weighted by Crippen LogP contribution is -2.45. The first-order valence-corrected chi connectivity index (χ1v) is 6.77. The monoisotopic (exact) mass is 297 g/mol. The normalized spacial score (nSPS) is 16.8. The third-order valence-electron chi connectivity index (χ3n) is 3.43. The number of fused-ring (bicyclic) bond motifs is 1. The van der Waals surface area contributed by atoms with Gasteiger partial charge in [0.15, 0.2) is 0 Å². The molecule has 0 radical (unpaired) electrons. The van der Waals surface area contributed by atoms with E-state index in [4.69, 9.17) is 16.2 Å². The zero-order valence-corrected chi connectivity index (χ0v) is 11.7. The van der Waals surface area contributed by atoms with E-state index in [2.05, 4.69) is 0 Å². The van der Waals surface area contributed by atoms with Gasteiger partial charge in [-0.3, -0.25) is 14.5 Å². The smallest absolute Gasteiger partial charge is 0.273 e. The Morgan fingerprint density at radius 3 is 2.59 bits per heavy atom. The van der Waals surface area contributed by atoms with Gasteiger partial charge in [-0.2, -0.15) is 0 Å². The largest absolute Gasteiger partial charge is 0.474 e. The lowest BCUT2D eigenvalue weighted by Gasteiger charge is -2.34. The number of nitrogens with two attached hydrogens (primary N) is 2. The van der Waals surface area contributed by atoms with Gasteiger partial charge in [0.25, 0.3) is 5.91 Å². The second-order valence-electron chi connectivity index (χ2n) is 5.03. The Morgan fingerprint density at radius 2 is 1.91 bits per heavy atom. The molecule has 0 bridgehead atoms. The van der Waals surface area contributed by atoms with Gasteiger partial charge in [-0.05, 0) is 12.1 Å². The molecule has 0 saturated carbocycles. The van der Waals surface area contributed by atoms with Crippen molar-refractivity contribution in [3.8, 4) is 5.75 Å². The average molecular weight is 297 g/mol. The molecule has 2 aromatic rings. The zero-order chi connectivity index (χ0) is 15.7.